The summed E-state index contributed by atoms with van der Waals surface area (Å²) in [6.45, 7) is 4.56. The lowest BCUT2D eigenvalue weighted by atomic mass is 9.86. The van der Waals surface area contributed by atoms with E-state index in [-0.39, 0.29) is 18.4 Å². The van der Waals surface area contributed by atoms with Gasteiger partial charge in [0.1, 0.15) is 18.1 Å². The fraction of sp³-hybridized carbons (Fsp3) is 0.300. The second-order valence-corrected chi connectivity index (χ2v) is 9.36. The molecule has 40 heavy (non-hydrogen) atoms. The summed E-state index contributed by atoms with van der Waals surface area (Å²) in [6.07, 6.45) is 0. The molecule has 0 radical (unpaired) electrons. The van der Waals surface area contributed by atoms with E-state index in [0.717, 1.165) is 0 Å². The first-order valence-corrected chi connectivity index (χ1v) is 13.4. The molecule has 1 aliphatic rings. The standard InChI is InChI=1S/C30H33ClN4O5/c1-3-38-17-18-39-19-20-40-26-15-11-23(12-16-26)28(36)33-29(32-2)35-21-30(37,24-7-5-4-6-8-24)27(34-35)22-9-13-25(31)14-10-22/h4-16,37H,3,17-21H2,1-2H3,(H,32,33,36). The third kappa shape index (κ3) is 7.25. The minimum absolute atomic E-state index is 0.0569. The van der Waals surface area contributed by atoms with Crippen LogP contribution >= 0.6 is 11.6 Å². The van der Waals surface area contributed by atoms with Crippen LogP contribution in [0.15, 0.2) is 89.0 Å². The van der Waals surface area contributed by atoms with Crippen LogP contribution < -0.4 is 10.1 Å². The number of carbonyl (C=O) groups is 1. The predicted molar refractivity (Wildman–Crippen MR) is 155 cm³/mol. The highest BCUT2D eigenvalue weighted by atomic mass is 35.5. The van der Waals surface area contributed by atoms with Crippen LogP contribution in [0.4, 0.5) is 0 Å². The monoisotopic (exact) mass is 564 g/mol. The van der Waals surface area contributed by atoms with Crippen LogP contribution in [0.25, 0.3) is 0 Å². The summed E-state index contributed by atoms with van der Waals surface area (Å²) >= 11 is 6.09. The van der Waals surface area contributed by atoms with Gasteiger partial charge in [0.2, 0.25) is 5.96 Å². The molecule has 1 aliphatic heterocycles. The van der Waals surface area contributed by atoms with Crippen molar-refractivity contribution in [3.8, 4) is 5.75 Å². The first-order valence-electron chi connectivity index (χ1n) is 13.0. The van der Waals surface area contributed by atoms with Crippen molar-refractivity contribution in [2.24, 2.45) is 10.1 Å². The third-order valence-electron chi connectivity index (χ3n) is 6.23. The van der Waals surface area contributed by atoms with Gasteiger partial charge in [-0.3, -0.25) is 15.1 Å². The molecule has 0 bridgehead atoms. The maximum atomic E-state index is 13.1. The van der Waals surface area contributed by atoms with Crippen LogP contribution in [0.2, 0.25) is 5.02 Å². The number of β-amino-alcohol motifs (C(OH)–C–C–N with tert-alkyl or cyclic N) is 1. The zero-order valence-electron chi connectivity index (χ0n) is 22.5. The first kappa shape index (κ1) is 29.2. The number of guanidine groups is 1. The summed E-state index contributed by atoms with van der Waals surface area (Å²) in [5.74, 6) is 0.455. The van der Waals surface area contributed by atoms with E-state index in [2.05, 4.69) is 15.4 Å². The highest BCUT2D eigenvalue weighted by Gasteiger charge is 2.44. The second kappa shape index (κ2) is 14.0. The maximum Gasteiger partial charge on any atom is 0.258 e. The summed E-state index contributed by atoms with van der Waals surface area (Å²) in [7, 11) is 1.56. The summed E-state index contributed by atoms with van der Waals surface area (Å²) in [5.41, 5.74) is 0.773. The van der Waals surface area contributed by atoms with Gasteiger partial charge < -0.3 is 19.3 Å². The van der Waals surface area contributed by atoms with Gasteiger partial charge >= 0.3 is 0 Å². The Morgan fingerprint density at radius 1 is 1.00 bits per heavy atom. The number of hydrazone groups is 1. The number of nitrogens with zero attached hydrogens (tertiary/aromatic N) is 3. The molecule has 0 saturated carbocycles. The first-order chi connectivity index (χ1) is 19.4. The number of nitrogens with one attached hydrogen (secondary N) is 1. The van der Waals surface area contributed by atoms with Crippen molar-refractivity contribution in [3.05, 3.63) is 101 Å². The average molecular weight is 565 g/mol. The Labute approximate surface area is 239 Å². The average Bonchev–Trinajstić information content (AvgIpc) is 3.34. The van der Waals surface area contributed by atoms with Crippen molar-refractivity contribution in [3.63, 3.8) is 0 Å². The van der Waals surface area contributed by atoms with E-state index in [1.165, 1.54) is 5.01 Å². The number of hydrogen-bond donors (Lipinski definition) is 2. The van der Waals surface area contributed by atoms with Gasteiger partial charge in [0, 0.05) is 29.8 Å². The lowest BCUT2D eigenvalue weighted by molar-refractivity contribution is 0.0405. The molecule has 4 rings (SSSR count). The molecule has 3 aromatic carbocycles. The molecule has 1 unspecified atom stereocenters. The third-order valence-corrected chi connectivity index (χ3v) is 6.48. The molecule has 1 heterocycles. The van der Waals surface area contributed by atoms with E-state index in [1.54, 1.807) is 55.6 Å². The van der Waals surface area contributed by atoms with Crippen LogP contribution in [-0.2, 0) is 15.1 Å². The molecule has 0 aliphatic carbocycles. The van der Waals surface area contributed by atoms with E-state index in [9.17, 15) is 9.90 Å². The lowest BCUT2D eigenvalue weighted by Crippen LogP contribution is -2.45. The van der Waals surface area contributed by atoms with Gasteiger partial charge in [0.15, 0.2) is 5.60 Å². The van der Waals surface area contributed by atoms with Gasteiger partial charge in [-0.15, -0.1) is 0 Å². The van der Waals surface area contributed by atoms with E-state index < -0.39 is 5.60 Å². The fourth-order valence-corrected chi connectivity index (χ4v) is 4.32. The molecular weight excluding hydrogens is 532 g/mol. The number of aliphatic hydroxyl groups is 1. The number of benzene rings is 3. The molecule has 0 aromatic heterocycles. The molecule has 0 fully saturated rings. The molecule has 3 aromatic rings. The topological polar surface area (TPSA) is 105 Å². The Morgan fingerprint density at radius 2 is 1.68 bits per heavy atom. The van der Waals surface area contributed by atoms with Gasteiger partial charge in [0.05, 0.1) is 26.4 Å². The normalized spacial score (nSPS) is 17.1. The van der Waals surface area contributed by atoms with Gasteiger partial charge in [-0.25, -0.2) is 5.01 Å². The molecule has 1 atom stereocenters. The van der Waals surface area contributed by atoms with Crippen LogP contribution in [0.5, 0.6) is 5.75 Å². The van der Waals surface area contributed by atoms with E-state index in [1.807, 2.05) is 37.3 Å². The van der Waals surface area contributed by atoms with Crippen molar-refractivity contribution < 1.29 is 24.1 Å². The molecule has 210 valence electrons. The molecule has 0 saturated heterocycles. The van der Waals surface area contributed by atoms with Crippen LogP contribution in [-0.4, -0.2) is 74.3 Å². The van der Waals surface area contributed by atoms with Crippen molar-refractivity contribution in [2.75, 3.05) is 46.6 Å². The Hall–Kier alpha value is -3.76. The Morgan fingerprint density at radius 3 is 2.35 bits per heavy atom. The minimum atomic E-state index is -1.44. The molecule has 2 N–H and O–H groups in total. The summed E-state index contributed by atoms with van der Waals surface area (Å²) in [6, 6.07) is 23.1. The minimum Gasteiger partial charge on any atom is -0.491 e. The Bertz CT molecular complexity index is 1320. The maximum absolute atomic E-state index is 13.1. The fourth-order valence-electron chi connectivity index (χ4n) is 4.19. The predicted octanol–water partition coefficient (Wildman–Crippen LogP) is 4.10. The van der Waals surface area contributed by atoms with Crippen LogP contribution in [0.1, 0.15) is 28.4 Å². The Kier molecular flexibility index (Phi) is 10.3. The summed E-state index contributed by atoms with van der Waals surface area (Å²) in [5, 5.41) is 21.5. The zero-order valence-corrected chi connectivity index (χ0v) is 23.3. The number of halogens is 1. The van der Waals surface area contributed by atoms with Crippen LogP contribution in [0.3, 0.4) is 0 Å². The summed E-state index contributed by atoms with van der Waals surface area (Å²) < 4.78 is 16.3. The van der Waals surface area contributed by atoms with Crippen molar-refractivity contribution in [2.45, 2.75) is 12.5 Å². The second-order valence-electron chi connectivity index (χ2n) is 8.92. The molecule has 0 spiro atoms. The Balaban J connectivity index is 1.43. The van der Waals surface area contributed by atoms with Crippen molar-refractivity contribution in [1.29, 1.82) is 0 Å². The highest BCUT2D eigenvalue weighted by molar-refractivity contribution is 6.30. The number of ether oxygens (including phenoxy) is 3. The SMILES string of the molecule is CCOCCOCCOc1ccc(C(=O)NC(=NC)N2CC(O)(c3ccccc3)C(c3ccc(Cl)cc3)=N2)cc1. The van der Waals surface area contributed by atoms with Gasteiger partial charge in [0.25, 0.3) is 5.91 Å². The number of rotatable bonds is 11. The largest absolute Gasteiger partial charge is 0.491 e. The zero-order chi connectivity index (χ0) is 28.4. The smallest absolute Gasteiger partial charge is 0.258 e. The van der Waals surface area contributed by atoms with E-state index in [4.69, 9.17) is 25.8 Å². The molecule has 9 nitrogen and oxygen atoms in total. The van der Waals surface area contributed by atoms with Crippen molar-refractivity contribution in [1.82, 2.24) is 10.3 Å². The highest BCUT2D eigenvalue weighted by Crippen LogP contribution is 2.33. The number of carbonyl (C=O) groups excluding carboxylic acids is 1. The van der Waals surface area contributed by atoms with Crippen LogP contribution in [0, 0.1) is 0 Å². The van der Waals surface area contributed by atoms with E-state index >= 15 is 0 Å². The number of aliphatic imine (C=N–C) groups is 1. The van der Waals surface area contributed by atoms with Gasteiger partial charge in [-0.2, -0.15) is 5.10 Å². The number of amides is 1. The van der Waals surface area contributed by atoms with Crippen molar-refractivity contribution >= 4 is 29.2 Å². The molecule has 1 amide bonds. The van der Waals surface area contributed by atoms with Gasteiger partial charge in [-0.05, 0) is 48.9 Å². The summed E-state index contributed by atoms with van der Waals surface area (Å²) in [4.78, 5) is 17.3. The lowest BCUT2D eigenvalue weighted by Gasteiger charge is -2.26. The number of hydrogen-bond acceptors (Lipinski definition) is 7. The quantitative estimate of drug-likeness (QED) is 0.206. The molecular formula is C30H33ClN4O5. The molecule has 10 heteroatoms. The van der Waals surface area contributed by atoms with Gasteiger partial charge in [-0.1, -0.05) is 54.1 Å². The van der Waals surface area contributed by atoms with E-state index in [0.29, 0.717) is 66.2 Å².